The molecule has 1 saturated carbocycles. The van der Waals surface area contributed by atoms with Crippen LogP contribution in [0.5, 0.6) is 0 Å². The Labute approximate surface area is 146 Å². The predicted molar refractivity (Wildman–Crippen MR) is 96.5 cm³/mol. The second-order valence-electron chi connectivity index (χ2n) is 6.40. The van der Waals surface area contributed by atoms with Crippen LogP contribution < -0.4 is 5.32 Å². The highest BCUT2D eigenvalue weighted by Crippen LogP contribution is 2.22. The summed E-state index contributed by atoms with van der Waals surface area (Å²) in [6, 6.07) is 17.8. The molecule has 0 spiro atoms. The number of benzene rings is 2. The Balaban J connectivity index is 1.55. The van der Waals surface area contributed by atoms with Crippen molar-refractivity contribution in [2.24, 2.45) is 0 Å². The number of hydrogen-bond donors (Lipinski definition) is 1. The maximum atomic E-state index is 12.3. The molecular weight excluding hydrogens is 312 g/mol. The van der Waals surface area contributed by atoms with E-state index in [1.165, 1.54) is 12.8 Å². The molecule has 5 nitrogen and oxygen atoms in total. The van der Waals surface area contributed by atoms with Crippen LogP contribution in [0, 0.1) is 0 Å². The first-order valence-electron chi connectivity index (χ1n) is 8.69. The molecule has 1 aromatic heterocycles. The topological polar surface area (TPSA) is 59.8 Å². The first-order valence-corrected chi connectivity index (χ1v) is 8.69. The van der Waals surface area contributed by atoms with Crippen molar-refractivity contribution in [3.8, 4) is 16.9 Å². The summed E-state index contributed by atoms with van der Waals surface area (Å²) in [5.41, 5.74) is 3.53. The Kier molecular flexibility index (Phi) is 4.29. The van der Waals surface area contributed by atoms with Gasteiger partial charge in [0.2, 0.25) is 0 Å². The Hall–Kier alpha value is -2.95. The Morgan fingerprint density at radius 3 is 2.44 bits per heavy atom. The van der Waals surface area contributed by atoms with E-state index in [9.17, 15) is 4.79 Å². The van der Waals surface area contributed by atoms with Crippen LogP contribution >= 0.6 is 0 Å². The highest BCUT2D eigenvalue weighted by Gasteiger charge is 2.18. The van der Waals surface area contributed by atoms with Gasteiger partial charge in [-0.2, -0.15) is 0 Å². The van der Waals surface area contributed by atoms with E-state index >= 15 is 0 Å². The average molecular weight is 332 g/mol. The molecule has 0 aliphatic heterocycles. The van der Waals surface area contributed by atoms with Crippen LogP contribution in [-0.2, 0) is 0 Å². The summed E-state index contributed by atoms with van der Waals surface area (Å²) in [6.45, 7) is 0. The summed E-state index contributed by atoms with van der Waals surface area (Å²) >= 11 is 0. The fourth-order valence-corrected chi connectivity index (χ4v) is 3.32. The molecule has 3 aromatic rings. The zero-order valence-corrected chi connectivity index (χ0v) is 13.9. The highest BCUT2D eigenvalue weighted by atomic mass is 16.1. The second kappa shape index (κ2) is 6.89. The quantitative estimate of drug-likeness (QED) is 0.794. The third kappa shape index (κ3) is 3.31. The van der Waals surface area contributed by atoms with Crippen molar-refractivity contribution in [1.29, 1.82) is 0 Å². The van der Waals surface area contributed by atoms with Crippen LogP contribution in [0.1, 0.15) is 36.0 Å². The lowest BCUT2D eigenvalue weighted by Crippen LogP contribution is -2.32. The van der Waals surface area contributed by atoms with Crippen molar-refractivity contribution in [1.82, 2.24) is 20.3 Å². The molecule has 1 N–H and O–H groups in total. The van der Waals surface area contributed by atoms with Gasteiger partial charge in [-0.1, -0.05) is 48.4 Å². The lowest BCUT2D eigenvalue weighted by molar-refractivity contribution is 0.0938. The number of carbonyl (C=O) groups excluding carboxylic acids is 1. The predicted octanol–water partition coefficient (Wildman–Crippen LogP) is 3.61. The fourth-order valence-electron chi connectivity index (χ4n) is 3.32. The maximum absolute atomic E-state index is 12.3. The minimum Gasteiger partial charge on any atom is -0.349 e. The van der Waals surface area contributed by atoms with E-state index in [0.29, 0.717) is 11.6 Å². The summed E-state index contributed by atoms with van der Waals surface area (Å²) in [6.07, 6.45) is 6.33. The van der Waals surface area contributed by atoms with Gasteiger partial charge < -0.3 is 5.32 Å². The molecule has 1 aliphatic carbocycles. The van der Waals surface area contributed by atoms with Crippen molar-refractivity contribution in [3.63, 3.8) is 0 Å². The summed E-state index contributed by atoms with van der Waals surface area (Å²) in [4.78, 5) is 12.3. The summed E-state index contributed by atoms with van der Waals surface area (Å²) < 4.78 is 1.79. The number of carbonyl (C=O) groups is 1. The zero-order valence-electron chi connectivity index (χ0n) is 13.9. The molecule has 0 unspecified atom stereocenters. The number of rotatable bonds is 4. The van der Waals surface area contributed by atoms with Gasteiger partial charge in [0.05, 0.1) is 17.6 Å². The zero-order chi connectivity index (χ0) is 17.1. The monoisotopic (exact) mass is 332 g/mol. The molecule has 1 aliphatic rings. The normalized spacial score (nSPS) is 14.6. The smallest absolute Gasteiger partial charge is 0.251 e. The molecule has 5 heteroatoms. The standard InChI is InChI=1S/C20H20N4O/c25-20(22-17-8-4-5-9-17)16-10-12-18(13-11-16)24-19(14-21-23-24)15-6-2-1-3-7-15/h1-3,6-7,10-14,17H,4-5,8-9H2,(H,22,25). The molecule has 126 valence electrons. The first kappa shape index (κ1) is 15.6. The van der Waals surface area contributed by atoms with E-state index in [2.05, 4.69) is 15.6 Å². The molecule has 4 rings (SSSR count). The molecular formula is C20H20N4O. The van der Waals surface area contributed by atoms with Crippen LogP contribution in [-0.4, -0.2) is 26.9 Å². The number of nitrogens with one attached hydrogen (secondary N) is 1. The Morgan fingerprint density at radius 1 is 1.00 bits per heavy atom. The maximum Gasteiger partial charge on any atom is 0.251 e. The van der Waals surface area contributed by atoms with Gasteiger partial charge in [-0.25, -0.2) is 4.68 Å². The van der Waals surface area contributed by atoms with Gasteiger partial charge in [-0.15, -0.1) is 5.10 Å². The van der Waals surface area contributed by atoms with Crippen molar-refractivity contribution < 1.29 is 4.79 Å². The van der Waals surface area contributed by atoms with Crippen LogP contribution in [0.3, 0.4) is 0 Å². The minimum absolute atomic E-state index is 0.000299. The first-order chi connectivity index (χ1) is 12.3. The van der Waals surface area contributed by atoms with E-state index in [-0.39, 0.29) is 5.91 Å². The Morgan fingerprint density at radius 2 is 1.72 bits per heavy atom. The van der Waals surface area contributed by atoms with E-state index in [1.807, 2.05) is 54.6 Å². The van der Waals surface area contributed by atoms with Crippen LogP contribution in [0.25, 0.3) is 16.9 Å². The molecule has 0 atom stereocenters. The van der Waals surface area contributed by atoms with Crippen molar-refractivity contribution in [2.75, 3.05) is 0 Å². The lowest BCUT2D eigenvalue weighted by atomic mass is 10.1. The van der Waals surface area contributed by atoms with Gasteiger partial charge in [0.15, 0.2) is 0 Å². The summed E-state index contributed by atoms with van der Waals surface area (Å²) in [5, 5.41) is 11.3. The average Bonchev–Trinajstić information content (AvgIpc) is 3.34. The molecule has 1 heterocycles. The van der Waals surface area contributed by atoms with Crippen molar-refractivity contribution in [2.45, 2.75) is 31.7 Å². The van der Waals surface area contributed by atoms with Crippen LogP contribution in [0.2, 0.25) is 0 Å². The van der Waals surface area contributed by atoms with Crippen molar-refractivity contribution >= 4 is 5.91 Å². The lowest BCUT2D eigenvalue weighted by Gasteiger charge is -2.12. The summed E-state index contributed by atoms with van der Waals surface area (Å²) in [5.74, 6) is 0.000299. The fraction of sp³-hybridized carbons (Fsp3) is 0.250. The molecule has 1 fully saturated rings. The number of amides is 1. The van der Waals surface area contributed by atoms with Gasteiger partial charge in [0.25, 0.3) is 5.91 Å². The Bertz CT molecular complexity index is 849. The summed E-state index contributed by atoms with van der Waals surface area (Å²) in [7, 11) is 0. The molecule has 2 aromatic carbocycles. The van der Waals surface area contributed by atoms with Gasteiger partial charge in [-0.3, -0.25) is 4.79 Å². The minimum atomic E-state index is 0.000299. The SMILES string of the molecule is O=C(NC1CCCC1)c1ccc(-n2nncc2-c2ccccc2)cc1. The number of nitrogens with zero attached hydrogens (tertiary/aromatic N) is 3. The third-order valence-corrected chi connectivity index (χ3v) is 4.68. The van der Waals surface area contributed by atoms with Gasteiger partial charge >= 0.3 is 0 Å². The molecule has 1 amide bonds. The van der Waals surface area contributed by atoms with E-state index < -0.39 is 0 Å². The van der Waals surface area contributed by atoms with Crippen molar-refractivity contribution in [3.05, 3.63) is 66.4 Å². The third-order valence-electron chi connectivity index (χ3n) is 4.68. The molecule has 0 radical (unpaired) electrons. The van der Waals surface area contributed by atoms with E-state index in [1.54, 1.807) is 10.9 Å². The highest BCUT2D eigenvalue weighted by molar-refractivity contribution is 5.94. The van der Waals surface area contributed by atoms with Gasteiger partial charge in [0, 0.05) is 17.2 Å². The number of hydrogen-bond acceptors (Lipinski definition) is 3. The van der Waals surface area contributed by atoms with Gasteiger partial charge in [0.1, 0.15) is 0 Å². The van der Waals surface area contributed by atoms with Crippen LogP contribution in [0.4, 0.5) is 0 Å². The largest absolute Gasteiger partial charge is 0.349 e. The second-order valence-corrected chi connectivity index (χ2v) is 6.40. The van der Waals surface area contributed by atoms with E-state index in [4.69, 9.17) is 0 Å². The molecule has 0 bridgehead atoms. The van der Waals surface area contributed by atoms with Crippen LogP contribution in [0.15, 0.2) is 60.8 Å². The number of aromatic nitrogens is 3. The van der Waals surface area contributed by atoms with Gasteiger partial charge in [-0.05, 0) is 37.1 Å². The molecule has 25 heavy (non-hydrogen) atoms. The van der Waals surface area contributed by atoms with E-state index in [0.717, 1.165) is 29.8 Å². The molecule has 0 saturated heterocycles.